The molecule has 0 saturated carbocycles. The average molecular weight is 504 g/mol. The molecule has 7 heteroatoms. The third-order valence-electron chi connectivity index (χ3n) is 6.52. The Morgan fingerprint density at radius 1 is 1.11 bits per heavy atom. The molecular weight excluding hydrogens is 469 g/mol. The molecule has 0 radical (unpaired) electrons. The molecule has 1 aromatic heterocycles. The zero-order valence-electron chi connectivity index (χ0n) is 21.6. The van der Waals surface area contributed by atoms with Crippen molar-refractivity contribution in [1.82, 2.24) is 15.2 Å². The van der Waals surface area contributed by atoms with Crippen molar-refractivity contribution in [3.63, 3.8) is 0 Å². The molecule has 1 aliphatic rings. The van der Waals surface area contributed by atoms with Crippen LogP contribution in [0.2, 0.25) is 0 Å². The third-order valence-corrected chi connectivity index (χ3v) is 6.52. The molecule has 0 aliphatic carbocycles. The monoisotopic (exact) mass is 503 g/mol. The molecule has 37 heavy (non-hydrogen) atoms. The van der Waals surface area contributed by atoms with E-state index in [-0.39, 0.29) is 29.6 Å². The summed E-state index contributed by atoms with van der Waals surface area (Å²) in [6, 6.07) is 17.4. The second-order valence-electron chi connectivity index (χ2n) is 9.87. The summed E-state index contributed by atoms with van der Waals surface area (Å²) in [5.74, 6) is 0.324. The summed E-state index contributed by atoms with van der Waals surface area (Å²) in [4.78, 5) is 32.0. The van der Waals surface area contributed by atoms with E-state index in [2.05, 4.69) is 10.3 Å². The van der Waals surface area contributed by atoms with Gasteiger partial charge >= 0.3 is 0 Å². The predicted octanol–water partition coefficient (Wildman–Crippen LogP) is 4.87. The Morgan fingerprint density at radius 3 is 2.59 bits per heavy atom. The van der Waals surface area contributed by atoms with Gasteiger partial charge < -0.3 is 15.0 Å². The lowest BCUT2D eigenvalue weighted by atomic mass is 9.87. The molecule has 2 aromatic carbocycles. The van der Waals surface area contributed by atoms with Crippen LogP contribution in [0.25, 0.3) is 0 Å². The van der Waals surface area contributed by atoms with Crippen LogP contribution in [0.5, 0.6) is 5.75 Å². The number of rotatable bonds is 9. The van der Waals surface area contributed by atoms with Crippen LogP contribution >= 0.6 is 0 Å². The second-order valence-corrected chi connectivity index (χ2v) is 9.87. The normalized spacial score (nSPS) is 15.7. The minimum atomic E-state index is -0.701. The highest BCUT2D eigenvalue weighted by molar-refractivity contribution is 5.80. The SMILES string of the molecule is CC(C)CC(=O)N1CCc2ccc(O[C@H](C)C(=O)NCCc3ccccn3)cc2[C@H]1c1ccc(F)cc1. The van der Waals surface area contributed by atoms with Crippen LogP contribution < -0.4 is 10.1 Å². The summed E-state index contributed by atoms with van der Waals surface area (Å²) in [6.07, 6.45) is 2.83. The number of benzene rings is 2. The van der Waals surface area contributed by atoms with Crippen molar-refractivity contribution in [2.75, 3.05) is 13.1 Å². The number of ether oxygens (including phenoxy) is 1. The van der Waals surface area contributed by atoms with E-state index in [4.69, 9.17) is 4.74 Å². The largest absolute Gasteiger partial charge is 0.481 e. The molecule has 2 heterocycles. The standard InChI is InChI=1S/C30H34FN3O3/c1-20(2)18-28(35)34-17-14-22-9-12-26(19-27(22)29(34)23-7-10-24(31)11-8-23)37-21(3)30(36)33-16-13-25-6-4-5-15-32-25/h4-12,15,19-21,29H,13-14,16-18H2,1-3H3,(H,33,36)/t21-,29-/m1/s1. The van der Waals surface area contributed by atoms with Gasteiger partial charge in [-0.25, -0.2) is 4.39 Å². The van der Waals surface area contributed by atoms with Crippen LogP contribution in [0.1, 0.15) is 55.6 Å². The van der Waals surface area contributed by atoms with Gasteiger partial charge in [0, 0.05) is 37.8 Å². The third kappa shape index (κ3) is 6.73. The summed E-state index contributed by atoms with van der Waals surface area (Å²) in [5, 5.41) is 2.90. The average Bonchev–Trinajstić information content (AvgIpc) is 2.88. The molecule has 4 rings (SSSR count). The predicted molar refractivity (Wildman–Crippen MR) is 141 cm³/mol. The van der Waals surface area contributed by atoms with Gasteiger partial charge in [-0.05, 0) is 72.4 Å². The van der Waals surface area contributed by atoms with Crippen LogP contribution in [0.4, 0.5) is 4.39 Å². The molecule has 0 fully saturated rings. The number of nitrogens with one attached hydrogen (secondary N) is 1. The Labute approximate surface area is 217 Å². The van der Waals surface area contributed by atoms with Crippen molar-refractivity contribution in [3.05, 3.63) is 95.1 Å². The van der Waals surface area contributed by atoms with Crippen molar-refractivity contribution in [3.8, 4) is 5.75 Å². The Balaban J connectivity index is 1.51. The van der Waals surface area contributed by atoms with E-state index in [1.165, 1.54) is 12.1 Å². The van der Waals surface area contributed by atoms with E-state index in [0.29, 0.717) is 31.7 Å². The van der Waals surface area contributed by atoms with Crippen LogP contribution in [0.15, 0.2) is 66.9 Å². The molecule has 2 atom stereocenters. The van der Waals surface area contributed by atoms with Crippen molar-refractivity contribution in [2.45, 2.75) is 52.2 Å². The number of nitrogens with zero attached hydrogens (tertiary/aromatic N) is 2. The maximum atomic E-state index is 13.7. The first kappa shape index (κ1) is 26.3. The van der Waals surface area contributed by atoms with Crippen LogP contribution in [-0.4, -0.2) is 40.9 Å². The zero-order chi connectivity index (χ0) is 26.4. The molecule has 2 amide bonds. The maximum absolute atomic E-state index is 13.7. The fourth-order valence-corrected chi connectivity index (χ4v) is 4.67. The number of carbonyl (C=O) groups is 2. The number of pyridine rings is 1. The lowest BCUT2D eigenvalue weighted by Crippen LogP contribution is -2.41. The number of hydrogen-bond acceptors (Lipinski definition) is 4. The van der Waals surface area contributed by atoms with Crippen molar-refractivity contribution < 1.29 is 18.7 Å². The summed E-state index contributed by atoms with van der Waals surface area (Å²) in [6.45, 7) is 6.82. The Bertz CT molecular complexity index is 1210. The van der Waals surface area contributed by atoms with Crippen molar-refractivity contribution in [2.24, 2.45) is 5.92 Å². The molecule has 6 nitrogen and oxygen atoms in total. The number of amides is 2. The summed E-state index contributed by atoms with van der Waals surface area (Å²) in [7, 11) is 0. The van der Waals surface area contributed by atoms with E-state index in [1.54, 1.807) is 25.3 Å². The fourth-order valence-electron chi connectivity index (χ4n) is 4.67. The van der Waals surface area contributed by atoms with E-state index in [9.17, 15) is 14.0 Å². The molecule has 0 spiro atoms. The van der Waals surface area contributed by atoms with E-state index >= 15 is 0 Å². The van der Waals surface area contributed by atoms with E-state index in [0.717, 1.165) is 28.8 Å². The first-order chi connectivity index (χ1) is 17.8. The topological polar surface area (TPSA) is 71.5 Å². The molecule has 0 saturated heterocycles. The number of aromatic nitrogens is 1. The first-order valence-electron chi connectivity index (χ1n) is 12.8. The second kappa shape index (κ2) is 12.0. The molecule has 1 aliphatic heterocycles. The van der Waals surface area contributed by atoms with Crippen molar-refractivity contribution in [1.29, 1.82) is 0 Å². The minimum Gasteiger partial charge on any atom is -0.481 e. The zero-order valence-corrected chi connectivity index (χ0v) is 21.6. The van der Waals surface area contributed by atoms with Gasteiger partial charge in [0.1, 0.15) is 11.6 Å². The molecule has 1 N–H and O–H groups in total. The van der Waals surface area contributed by atoms with Crippen LogP contribution in [0.3, 0.4) is 0 Å². The maximum Gasteiger partial charge on any atom is 0.260 e. The van der Waals surface area contributed by atoms with Crippen molar-refractivity contribution >= 4 is 11.8 Å². The fraction of sp³-hybridized carbons (Fsp3) is 0.367. The van der Waals surface area contributed by atoms with E-state index in [1.807, 2.05) is 55.1 Å². The van der Waals surface area contributed by atoms with Gasteiger partial charge in [-0.15, -0.1) is 0 Å². The lowest BCUT2D eigenvalue weighted by Gasteiger charge is -2.38. The minimum absolute atomic E-state index is 0.0712. The van der Waals surface area contributed by atoms with Gasteiger partial charge in [0.2, 0.25) is 5.91 Å². The first-order valence-corrected chi connectivity index (χ1v) is 12.8. The highest BCUT2D eigenvalue weighted by Gasteiger charge is 2.32. The Kier molecular flexibility index (Phi) is 8.54. The quantitative estimate of drug-likeness (QED) is 0.452. The Morgan fingerprint density at radius 2 is 1.89 bits per heavy atom. The molecular formula is C30H34FN3O3. The smallest absolute Gasteiger partial charge is 0.260 e. The van der Waals surface area contributed by atoms with Crippen LogP contribution in [-0.2, 0) is 22.4 Å². The summed E-state index contributed by atoms with van der Waals surface area (Å²) >= 11 is 0. The highest BCUT2D eigenvalue weighted by Crippen LogP contribution is 2.38. The number of carbonyl (C=O) groups excluding carboxylic acids is 2. The Hall–Kier alpha value is -3.74. The molecule has 194 valence electrons. The summed E-state index contributed by atoms with van der Waals surface area (Å²) in [5.41, 5.74) is 3.81. The van der Waals surface area contributed by atoms with Crippen LogP contribution in [0, 0.1) is 11.7 Å². The van der Waals surface area contributed by atoms with Gasteiger partial charge in [0.25, 0.3) is 5.91 Å². The number of fused-ring (bicyclic) bond motifs is 1. The van der Waals surface area contributed by atoms with E-state index < -0.39 is 6.10 Å². The van der Waals surface area contributed by atoms with Gasteiger partial charge in [-0.3, -0.25) is 14.6 Å². The summed E-state index contributed by atoms with van der Waals surface area (Å²) < 4.78 is 19.7. The lowest BCUT2D eigenvalue weighted by molar-refractivity contribution is -0.134. The van der Waals surface area contributed by atoms with Gasteiger partial charge in [0.15, 0.2) is 6.10 Å². The number of halogens is 1. The number of hydrogen-bond donors (Lipinski definition) is 1. The molecule has 3 aromatic rings. The van der Waals surface area contributed by atoms with Gasteiger partial charge in [-0.1, -0.05) is 38.1 Å². The molecule has 0 unspecified atom stereocenters. The highest BCUT2D eigenvalue weighted by atomic mass is 19.1. The van der Waals surface area contributed by atoms with Gasteiger partial charge in [-0.2, -0.15) is 0 Å². The van der Waals surface area contributed by atoms with Gasteiger partial charge in [0.05, 0.1) is 6.04 Å². The molecule has 0 bridgehead atoms.